The monoisotopic (exact) mass is 446 g/mol. The third kappa shape index (κ3) is 3.48. The molecule has 3 aromatic heterocycles. The molecular formula is C25H23FN4OS. The highest BCUT2D eigenvalue weighted by atomic mass is 32.1. The van der Waals surface area contributed by atoms with E-state index < -0.39 is 0 Å². The summed E-state index contributed by atoms with van der Waals surface area (Å²) in [5.74, 6) is 0.568. The predicted molar refractivity (Wildman–Crippen MR) is 125 cm³/mol. The van der Waals surface area contributed by atoms with Gasteiger partial charge in [-0.2, -0.15) is 0 Å². The number of hydrogen-bond donors (Lipinski definition) is 1. The number of rotatable bonds is 5. The second-order valence-electron chi connectivity index (χ2n) is 7.95. The van der Waals surface area contributed by atoms with Crippen LogP contribution in [-0.2, 0) is 6.54 Å². The lowest BCUT2D eigenvalue weighted by Crippen LogP contribution is -2.29. The summed E-state index contributed by atoms with van der Waals surface area (Å²) >= 11 is 5.74. The minimum absolute atomic E-state index is 0.130. The molecule has 1 saturated heterocycles. The molecule has 1 aromatic carbocycles. The molecule has 2 atom stereocenters. The molecule has 32 heavy (non-hydrogen) atoms. The molecule has 5 rings (SSSR count). The van der Waals surface area contributed by atoms with Crippen molar-refractivity contribution < 1.29 is 8.81 Å². The van der Waals surface area contributed by atoms with E-state index in [4.69, 9.17) is 16.6 Å². The molecule has 7 heteroatoms. The summed E-state index contributed by atoms with van der Waals surface area (Å²) in [7, 11) is 0. The Morgan fingerprint density at radius 1 is 1.09 bits per heavy atom. The molecule has 4 heterocycles. The zero-order valence-electron chi connectivity index (χ0n) is 17.8. The number of aromatic nitrogens is 2. The number of aryl methyl sites for hydroxylation is 1. The van der Waals surface area contributed by atoms with Gasteiger partial charge >= 0.3 is 0 Å². The molecular weight excluding hydrogens is 423 g/mol. The molecule has 5 nitrogen and oxygen atoms in total. The Kier molecular flexibility index (Phi) is 5.27. The first-order chi connectivity index (χ1) is 15.5. The van der Waals surface area contributed by atoms with Crippen LogP contribution in [0.3, 0.4) is 0 Å². The molecule has 0 amide bonds. The van der Waals surface area contributed by atoms with Gasteiger partial charge in [0.25, 0.3) is 0 Å². The summed E-state index contributed by atoms with van der Waals surface area (Å²) in [5, 5.41) is 4.10. The van der Waals surface area contributed by atoms with E-state index >= 15 is 0 Å². The topological polar surface area (TPSA) is 46.2 Å². The van der Waals surface area contributed by atoms with Gasteiger partial charge in [-0.25, -0.2) is 4.39 Å². The van der Waals surface area contributed by atoms with Gasteiger partial charge in [-0.1, -0.05) is 18.2 Å². The first-order valence-electron chi connectivity index (χ1n) is 10.5. The molecule has 4 aromatic rings. The average molecular weight is 447 g/mol. The molecule has 0 aliphatic carbocycles. The van der Waals surface area contributed by atoms with Gasteiger partial charge in [0.05, 0.1) is 36.3 Å². The smallest absolute Gasteiger partial charge is 0.170 e. The molecule has 1 fully saturated rings. The van der Waals surface area contributed by atoms with Gasteiger partial charge in [0, 0.05) is 17.6 Å². The van der Waals surface area contributed by atoms with Crippen molar-refractivity contribution in [3.8, 4) is 5.69 Å². The van der Waals surface area contributed by atoms with Crippen LogP contribution < -0.4 is 5.32 Å². The number of nitrogens with zero attached hydrogens (tertiary/aromatic N) is 3. The quantitative estimate of drug-likeness (QED) is 0.416. The summed E-state index contributed by atoms with van der Waals surface area (Å²) in [5.41, 5.74) is 4.43. The van der Waals surface area contributed by atoms with Crippen LogP contribution in [-0.4, -0.2) is 19.6 Å². The highest BCUT2D eigenvalue weighted by Gasteiger charge is 2.41. The number of para-hydroxylation sites is 1. The van der Waals surface area contributed by atoms with Crippen LogP contribution in [0.1, 0.15) is 40.5 Å². The largest absolute Gasteiger partial charge is 0.467 e. The van der Waals surface area contributed by atoms with E-state index in [1.54, 1.807) is 24.6 Å². The van der Waals surface area contributed by atoms with Crippen LogP contribution in [0, 0.1) is 19.7 Å². The van der Waals surface area contributed by atoms with Crippen molar-refractivity contribution in [1.82, 2.24) is 19.8 Å². The van der Waals surface area contributed by atoms with Gasteiger partial charge in [0.2, 0.25) is 0 Å². The minimum atomic E-state index is -0.255. The van der Waals surface area contributed by atoms with Crippen LogP contribution >= 0.6 is 12.2 Å². The van der Waals surface area contributed by atoms with Crippen molar-refractivity contribution in [2.24, 2.45) is 0 Å². The van der Waals surface area contributed by atoms with Crippen molar-refractivity contribution in [1.29, 1.82) is 0 Å². The van der Waals surface area contributed by atoms with E-state index in [0.717, 1.165) is 28.4 Å². The summed E-state index contributed by atoms with van der Waals surface area (Å²) in [6.45, 7) is 4.54. The Hall–Kier alpha value is -3.45. The van der Waals surface area contributed by atoms with Gasteiger partial charge in [-0.15, -0.1) is 0 Å². The standard InChI is InChI=1S/C25H23FN4OS/c1-16-14-19(17(2)30(16)22-11-4-3-9-20(22)26)24-23(21-10-5-6-12-27-21)28-25(32)29(24)15-18-8-7-13-31-18/h3-14,23-24H,15H2,1-2H3,(H,28,32)/t23-,24-/m1/s1. The van der Waals surface area contributed by atoms with E-state index in [0.29, 0.717) is 17.3 Å². The first-order valence-corrected chi connectivity index (χ1v) is 10.9. The van der Waals surface area contributed by atoms with Crippen molar-refractivity contribution in [3.05, 3.63) is 107 Å². The Morgan fingerprint density at radius 3 is 2.62 bits per heavy atom. The second kappa shape index (κ2) is 8.24. The third-order valence-corrected chi connectivity index (χ3v) is 6.34. The average Bonchev–Trinajstić information content (AvgIpc) is 3.49. The number of furan rings is 1. The second-order valence-corrected chi connectivity index (χ2v) is 8.33. The van der Waals surface area contributed by atoms with E-state index in [-0.39, 0.29) is 17.9 Å². The summed E-state index contributed by atoms with van der Waals surface area (Å²) in [6.07, 6.45) is 3.45. The number of benzene rings is 1. The Morgan fingerprint density at radius 2 is 1.91 bits per heavy atom. The van der Waals surface area contributed by atoms with Crippen molar-refractivity contribution >= 4 is 17.3 Å². The lowest BCUT2D eigenvalue weighted by atomic mass is 9.96. The molecule has 0 radical (unpaired) electrons. The van der Waals surface area contributed by atoms with E-state index in [2.05, 4.69) is 21.3 Å². The fourth-order valence-corrected chi connectivity index (χ4v) is 4.88. The first kappa shape index (κ1) is 20.5. The number of nitrogens with one attached hydrogen (secondary N) is 1. The number of hydrogen-bond acceptors (Lipinski definition) is 3. The van der Waals surface area contributed by atoms with Crippen LogP contribution in [0.2, 0.25) is 0 Å². The molecule has 0 saturated carbocycles. The molecule has 0 unspecified atom stereocenters. The summed E-state index contributed by atoms with van der Waals surface area (Å²) in [4.78, 5) is 6.72. The van der Waals surface area contributed by atoms with Crippen LogP contribution in [0.5, 0.6) is 0 Å². The fourth-order valence-electron chi connectivity index (χ4n) is 4.58. The maximum absolute atomic E-state index is 14.7. The number of pyridine rings is 1. The highest BCUT2D eigenvalue weighted by molar-refractivity contribution is 7.80. The van der Waals surface area contributed by atoms with Crippen LogP contribution in [0.25, 0.3) is 5.69 Å². The van der Waals surface area contributed by atoms with Crippen molar-refractivity contribution in [2.75, 3.05) is 0 Å². The van der Waals surface area contributed by atoms with Crippen LogP contribution in [0.4, 0.5) is 4.39 Å². The number of halogens is 1. The maximum atomic E-state index is 14.7. The van der Waals surface area contributed by atoms with Gasteiger partial charge in [-0.05, 0) is 74.1 Å². The fraction of sp³-hybridized carbons (Fsp3) is 0.200. The van der Waals surface area contributed by atoms with E-state index in [1.165, 1.54) is 6.07 Å². The van der Waals surface area contributed by atoms with Crippen molar-refractivity contribution in [3.63, 3.8) is 0 Å². The SMILES string of the molecule is Cc1cc([C@@H]2[C@@H](c3ccccn3)NC(=S)N2Cc2ccco2)c(C)n1-c1ccccc1F. The Bertz CT molecular complexity index is 1250. The summed E-state index contributed by atoms with van der Waals surface area (Å²) in [6, 6.07) is 18.4. The molecule has 0 bridgehead atoms. The van der Waals surface area contributed by atoms with Crippen LogP contribution in [0.15, 0.2) is 77.5 Å². The summed E-state index contributed by atoms with van der Waals surface area (Å²) < 4.78 is 22.2. The predicted octanol–water partition coefficient (Wildman–Crippen LogP) is 5.39. The van der Waals surface area contributed by atoms with Gasteiger partial charge in [-0.3, -0.25) is 4.98 Å². The van der Waals surface area contributed by atoms with E-state index in [9.17, 15) is 4.39 Å². The molecule has 1 N–H and O–H groups in total. The number of thiocarbonyl (C=S) groups is 1. The maximum Gasteiger partial charge on any atom is 0.170 e. The molecule has 1 aliphatic heterocycles. The van der Waals surface area contributed by atoms with Crippen molar-refractivity contribution in [2.45, 2.75) is 32.5 Å². The zero-order chi connectivity index (χ0) is 22.2. The lowest BCUT2D eigenvalue weighted by Gasteiger charge is -2.27. The van der Waals surface area contributed by atoms with Gasteiger partial charge in [0.15, 0.2) is 5.11 Å². The Balaban J connectivity index is 1.64. The molecule has 0 spiro atoms. The third-order valence-electron chi connectivity index (χ3n) is 5.99. The zero-order valence-corrected chi connectivity index (χ0v) is 18.6. The minimum Gasteiger partial charge on any atom is -0.467 e. The Labute approximate surface area is 191 Å². The van der Waals surface area contributed by atoms with Gasteiger partial charge < -0.3 is 19.2 Å². The molecule has 1 aliphatic rings. The molecule has 162 valence electrons. The highest BCUT2D eigenvalue weighted by Crippen LogP contribution is 2.42. The normalized spacial score (nSPS) is 18.2. The van der Waals surface area contributed by atoms with E-state index in [1.807, 2.05) is 54.8 Å². The van der Waals surface area contributed by atoms with Gasteiger partial charge in [0.1, 0.15) is 11.6 Å². The lowest BCUT2D eigenvalue weighted by molar-refractivity contribution is 0.286.